The van der Waals surface area contributed by atoms with Crippen LogP contribution in [0.1, 0.15) is 37.1 Å². The molecule has 1 fully saturated rings. The molecule has 0 bridgehead atoms. The minimum atomic E-state index is 0.120. The molecule has 2 aliphatic rings. The molecule has 1 amide bonds. The van der Waals surface area contributed by atoms with Gasteiger partial charge in [0.1, 0.15) is 0 Å². The van der Waals surface area contributed by atoms with Gasteiger partial charge in [-0.05, 0) is 30.5 Å². The quantitative estimate of drug-likeness (QED) is 0.759. The van der Waals surface area contributed by atoms with Crippen LogP contribution in [-0.2, 0) is 24.8 Å². The predicted octanol–water partition coefficient (Wildman–Crippen LogP) is 3.27. The van der Waals surface area contributed by atoms with Crippen LogP contribution in [0.4, 0.5) is 11.5 Å². The SMILES string of the molecule is CC(=O)N1CCc2c(c(Nc3cccc(-c4cnn(C)c4)c3)nn2C2CC2)C1. The molecule has 1 aromatic carbocycles. The first kappa shape index (κ1) is 17.0. The summed E-state index contributed by atoms with van der Waals surface area (Å²) in [5, 5.41) is 12.7. The molecule has 7 heteroatoms. The monoisotopic (exact) mass is 376 g/mol. The third-order valence-electron chi connectivity index (χ3n) is 5.59. The van der Waals surface area contributed by atoms with Crippen LogP contribution in [0, 0.1) is 0 Å². The van der Waals surface area contributed by atoms with Crippen molar-refractivity contribution in [2.45, 2.75) is 38.8 Å². The molecule has 144 valence electrons. The molecule has 0 spiro atoms. The number of nitrogens with zero attached hydrogens (tertiary/aromatic N) is 5. The van der Waals surface area contributed by atoms with Gasteiger partial charge in [0.25, 0.3) is 0 Å². The number of anilines is 2. The highest BCUT2D eigenvalue weighted by Crippen LogP contribution is 2.39. The molecule has 1 N–H and O–H groups in total. The number of aryl methyl sites for hydroxylation is 1. The Labute approximate surface area is 164 Å². The maximum absolute atomic E-state index is 11.9. The van der Waals surface area contributed by atoms with Crippen LogP contribution in [-0.4, -0.2) is 36.9 Å². The molecule has 7 nitrogen and oxygen atoms in total. The van der Waals surface area contributed by atoms with Gasteiger partial charge in [0.2, 0.25) is 5.91 Å². The number of aromatic nitrogens is 4. The average Bonchev–Trinajstić information content (AvgIpc) is 3.35. The zero-order valence-electron chi connectivity index (χ0n) is 16.2. The van der Waals surface area contributed by atoms with Crippen LogP contribution in [0.5, 0.6) is 0 Å². The smallest absolute Gasteiger partial charge is 0.219 e. The van der Waals surface area contributed by atoms with Crippen molar-refractivity contribution in [3.8, 4) is 11.1 Å². The van der Waals surface area contributed by atoms with Crippen molar-refractivity contribution in [1.82, 2.24) is 24.5 Å². The van der Waals surface area contributed by atoms with Crippen molar-refractivity contribution < 1.29 is 4.79 Å². The number of benzene rings is 1. The van der Waals surface area contributed by atoms with Gasteiger partial charge in [0.05, 0.1) is 18.8 Å². The van der Waals surface area contributed by atoms with E-state index < -0.39 is 0 Å². The molecular formula is C21H24N6O. The van der Waals surface area contributed by atoms with Crippen LogP contribution in [0.3, 0.4) is 0 Å². The van der Waals surface area contributed by atoms with E-state index >= 15 is 0 Å². The molecule has 28 heavy (non-hydrogen) atoms. The first-order valence-corrected chi connectivity index (χ1v) is 9.80. The number of carbonyl (C=O) groups excluding carboxylic acids is 1. The fourth-order valence-electron chi connectivity index (χ4n) is 3.92. The molecule has 1 saturated carbocycles. The second-order valence-corrected chi connectivity index (χ2v) is 7.75. The summed E-state index contributed by atoms with van der Waals surface area (Å²) in [4.78, 5) is 13.8. The Morgan fingerprint density at radius 1 is 1.25 bits per heavy atom. The molecular weight excluding hydrogens is 352 g/mol. The number of fused-ring (bicyclic) bond motifs is 1. The van der Waals surface area contributed by atoms with Crippen LogP contribution >= 0.6 is 0 Å². The lowest BCUT2D eigenvalue weighted by molar-refractivity contribution is -0.129. The molecule has 0 unspecified atom stereocenters. The molecule has 0 atom stereocenters. The zero-order valence-corrected chi connectivity index (χ0v) is 16.2. The Morgan fingerprint density at radius 2 is 2.11 bits per heavy atom. The van der Waals surface area contributed by atoms with Crippen molar-refractivity contribution in [3.05, 3.63) is 47.9 Å². The number of rotatable bonds is 4. The summed E-state index contributed by atoms with van der Waals surface area (Å²) < 4.78 is 4.00. The third kappa shape index (κ3) is 3.06. The normalized spacial score (nSPS) is 16.1. The molecule has 0 saturated heterocycles. The van der Waals surface area contributed by atoms with E-state index in [2.05, 4.69) is 27.2 Å². The number of carbonyl (C=O) groups is 1. The third-order valence-corrected chi connectivity index (χ3v) is 5.59. The molecule has 2 aromatic heterocycles. The Morgan fingerprint density at radius 3 is 2.82 bits per heavy atom. The lowest BCUT2D eigenvalue weighted by atomic mass is 10.1. The minimum absolute atomic E-state index is 0.120. The topological polar surface area (TPSA) is 68.0 Å². The summed E-state index contributed by atoms with van der Waals surface area (Å²) in [6, 6.07) is 8.81. The van der Waals surface area contributed by atoms with Gasteiger partial charge in [0, 0.05) is 55.6 Å². The molecule has 5 rings (SSSR count). The predicted molar refractivity (Wildman–Crippen MR) is 107 cm³/mol. The van der Waals surface area contributed by atoms with Gasteiger partial charge in [-0.2, -0.15) is 10.2 Å². The first-order valence-electron chi connectivity index (χ1n) is 9.80. The van der Waals surface area contributed by atoms with Crippen molar-refractivity contribution >= 4 is 17.4 Å². The Bertz CT molecular complexity index is 1050. The zero-order chi connectivity index (χ0) is 19.3. The van der Waals surface area contributed by atoms with Crippen LogP contribution in [0.2, 0.25) is 0 Å². The number of hydrogen-bond donors (Lipinski definition) is 1. The molecule has 3 aromatic rings. The highest BCUT2D eigenvalue weighted by atomic mass is 16.2. The van der Waals surface area contributed by atoms with Gasteiger partial charge < -0.3 is 10.2 Å². The van der Waals surface area contributed by atoms with Gasteiger partial charge >= 0.3 is 0 Å². The van der Waals surface area contributed by atoms with Gasteiger partial charge in [-0.3, -0.25) is 14.2 Å². The van der Waals surface area contributed by atoms with E-state index in [4.69, 9.17) is 5.10 Å². The van der Waals surface area contributed by atoms with Crippen LogP contribution in [0.25, 0.3) is 11.1 Å². The minimum Gasteiger partial charge on any atom is -0.338 e. The summed E-state index contributed by atoms with van der Waals surface area (Å²) in [7, 11) is 1.92. The lowest BCUT2D eigenvalue weighted by Gasteiger charge is -2.26. The largest absolute Gasteiger partial charge is 0.338 e. The number of hydrogen-bond acceptors (Lipinski definition) is 4. The first-order chi connectivity index (χ1) is 13.6. The Kier molecular flexibility index (Phi) is 3.96. The van der Waals surface area contributed by atoms with E-state index in [9.17, 15) is 4.79 Å². The maximum Gasteiger partial charge on any atom is 0.219 e. The maximum atomic E-state index is 11.9. The standard InChI is InChI=1S/C21H24N6O/c1-14(28)26-9-8-20-19(13-26)21(24-27(20)18-6-7-18)23-17-5-3-4-15(10-17)16-11-22-25(2)12-16/h3-5,10-12,18H,6-9,13H2,1-2H3,(H,23,24). The van der Waals surface area contributed by atoms with E-state index in [1.807, 2.05) is 36.5 Å². The van der Waals surface area contributed by atoms with Gasteiger partial charge in [0.15, 0.2) is 5.82 Å². The lowest BCUT2D eigenvalue weighted by Crippen LogP contribution is -2.34. The highest BCUT2D eigenvalue weighted by molar-refractivity contribution is 5.75. The van der Waals surface area contributed by atoms with E-state index in [1.165, 1.54) is 18.5 Å². The van der Waals surface area contributed by atoms with Gasteiger partial charge in [-0.15, -0.1) is 0 Å². The van der Waals surface area contributed by atoms with Gasteiger partial charge in [-0.25, -0.2) is 0 Å². The summed E-state index contributed by atoms with van der Waals surface area (Å²) >= 11 is 0. The van der Waals surface area contributed by atoms with E-state index in [-0.39, 0.29) is 5.91 Å². The molecule has 1 aliphatic carbocycles. The Hall–Kier alpha value is -3.09. The van der Waals surface area contributed by atoms with E-state index in [0.29, 0.717) is 12.6 Å². The van der Waals surface area contributed by atoms with Crippen molar-refractivity contribution in [1.29, 1.82) is 0 Å². The van der Waals surface area contributed by atoms with Crippen molar-refractivity contribution in [2.75, 3.05) is 11.9 Å². The van der Waals surface area contributed by atoms with Crippen LogP contribution < -0.4 is 5.32 Å². The Balaban J connectivity index is 1.48. The number of amides is 1. The average molecular weight is 376 g/mol. The second kappa shape index (κ2) is 6.51. The van der Waals surface area contributed by atoms with Crippen molar-refractivity contribution in [2.24, 2.45) is 7.05 Å². The second-order valence-electron chi connectivity index (χ2n) is 7.75. The van der Waals surface area contributed by atoms with E-state index in [1.54, 1.807) is 11.6 Å². The molecule has 1 aliphatic heterocycles. The van der Waals surface area contributed by atoms with Crippen LogP contribution in [0.15, 0.2) is 36.7 Å². The summed E-state index contributed by atoms with van der Waals surface area (Å²) in [5.74, 6) is 0.991. The number of nitrogens with one attached hydrogen (secondary N) is 1. The van der Waals surface area contributed by atoms with E-state index in [0.717, 1.165) is 41.2 Å². The summed E-state index contributed by atoms with van der Waals surface area (Å²) in [5.41, 5.74) is 5.62. The molecule has 0 radical (unpaired) electrons. The molecule has 3 heterocycles. The van der Waals surface area contributed by atoms with Gasteiger partial charge in [-0.1, -0.05) is 12.1 Å². The summed E-state index contributed by atoms with van der Waals surface area (Å²) in [6.45, 7) is 3.04. The summed E-state index contributed by atoms with van der Waals surface area (Å²) in [6.07, 6.45) is 7.14. The highest BCUT2D eigenvalue weighted by Gasteiger charge is 2.33. The fourth-order valence-corrected chi connectivity index (χ4v) is 3.92. The fraction of sp³-hybridized carbons (Fsp3) is 0.381. The van der Waals surface area contributed by atoms with Crippen molar-refractivity contribution in [3.63, 3.8) is 0 Å².